The minimum Gasteiger partial charge on any atom is -0.316 e. The van der Waals surface area contributed by atoms with E-state index in [2.05, 4.69) is 30.8 Å². The Bertz CT molecular complexity index is 316. The molecule has 3 unspecified atom stereocenters. The zero-order valence-electron chi connectivity index (χ0n) is 11.2. The molecule has 0 aromatic carbocycles. The van der Waals surface area contributed by atoms with Crippen LogP contribution in [0, 0.1) is 11.8 Å². The maximum atomic E-state index is 11.9. The number of hydrogen-bond acceptors (Lipinski definition) is 3. The van der Waals surface area contributed by atoms with Crippen LogP contribution in [0.3, 0.4) is 0 Å². The lowest BCUT2D eigenvalue weighted by Crippen LogP contribution is -2.40. The van der Waals surface area contributed by atoms with Crippen LogP contribution in [0.4, 0.5) is 0 Å². The second kappa shape index (κ2) is 6.71. The standard InChI is InChI=1S/C12H26N2O2S/c1-4-7-13-8-9-17(15,16)14-12-6-5-10(2)11(12)3/h10-14H,4-9H2,1-3H3. The Balaban J connectivity index is 2.34. The van der Waals surface area contributed by atoms with Crippen LogP contribution in [-0.2, 0) is 10.0 Å². The minimum absolute atomic E-state index is 0.140. The van der Waals surface area contributed by atoms with E-state index in [0.717, 1.165) is 25.8 Å². The molecule has 4 nitrogen and oxygen atoms in total. The highest BCUT2D eigenvalue weighted by Gasteiger charge is 2.32. The Hall–Kier alpha value is -0.130. The number of sulfonamides is 1. The SMILES string of the molecule is CCCNCCS(=O)(=O)NC1CCC(C)C1C. The van der Waals surface area contributed by atoms with Gasteiger partial charge in [0.1, 0.15) is 0 Å². The van der Waals surface area contributed by atoms with Crippen molar-refractivity contribution in [1.82, 2.24) is 10.0 Å². The number of hydrogen-bond donors (Lipinski definition) is 2. The molecule has 1 aliphatic rings. The van der Waals surface area contributed by atoms with Gasteiger partial charge in [-0.2, -0.15) is 0 Å². The second-order valence-corrected chi connectivity index (χ2v) is 7.08. The maximum Gasteiger partial charge on any atom is 0.213 e. The molecule has 0 aromatic heterocycles. The fourth-order valence-electron chi connectivity index (χ4n) is 2.33. The summed E-state index contributed by atoms with van der Waals surface area (Å²) in [6.45, 7) is 7.83. The lowest BCUT2D eigenvalue weighted by Gasteiger charge is -2.19. The molecule has 0 aliphatic heterocycles. The highest BCUT2D eigenvalue weighted by molar-refractivity contribution is 7.89. The molecule has 1 fully saturated rings. The van der Waals surface area contributed by atoms with Crippen molar-refractivity contribution in [3.8, 4) is 0 Å². The molecule has 17 heavy (non-hydrogen) atoms. The summed E-state index contributed by atoms with van der Waals surface area (Å²) in [4.78, 5) is 0. The molecule has 0 aromatic rings. The monoisotopic (exact) mass is 262 g/mol. The maximum absolute atomic E-state index is 11.9. The molecule has 1 saturated carbocycles. The van der Waals surface area contributed by atoms with Gasteiger partial charge in [0.15, 0.2) is 0 Å². The Labute approximate surface area is 106 Å². The topological polar surface area (TPSA) is 58.2 Å². The van der Waals surface area contributed by atoms with Crippen molar-refractivity contribution in [2.45, 2.75) is 46.1 Å². The first-order chi connectivity index (χ1) is 7.96. The molecule has 1 aliphatic carbocycles. The smallest absolute Gasteiger partial charge is 0.213 e. The van der Waals surface area contributed by atoms with Gasteiger partial charge in [0, 0.05) is 12.6 Å². The van der Waals surface area contributed by atoms with Crippen LogP contribution >= 0.6 is 0 Å². The van der Waals surface area contributed by atoms with Crippen LogP contribution in [0.1, 0.15) is 40.0 Å². The fourth-order valence-corrected chi connectivity index (χ4v) is 3.65. The van der Waals surface area contributed by atoms with E-state index in [1.165, 1.54) is 0 Å². The summed E-state index contributed by atoms with van der Waals surface area (Å²) in [6.07, 6.45) is 3.14. The highest BCUT2D eigenvalue weighted by atomic mass is 32.2. The summed E-state index contributed by atoms with van der Waals surface area (Å²) in [7, 11) is -3.11. The van der Waals surface area contributed by atoms with Crippen molar-refractivity contribution in [2.24, 2.45) is 11.8 Å². The third-order valence-corrected chi connectivity index (χ3v) is 5.17. The first-order valence-corrected chi connectivity index (χ1v) is 8.32. The van der Waals surface area contributed by atoms with Crippen LogP contribution in [-0.4, -0.2) is 33.3 Å². The number of rotatable bonds is 7. The largest absolute Gasteiger partial charge is 0.316 e. The molecular weight excluding hydrogens is 236 g/mol. The minimum atomic E-state index is -3.11. The molecule has 102 valence electrons. The van der Waals surface area contributed by atoms with Crippen LogP contribution < -0.4 is 10.0 Å². The fraction of sp³-hybridized carbons (Fsp3) is 1.00. The van der Waals surface area contributed by atoms with Crippen molar-refractivity contribution in [2.75, 3.05) is 18.8 Å². The van der Waals surface area contributed by atoms with Gasteiger partial charge in [-0.25, -0.2) is 13.1 Å². The van der Waals surface area contributed by atoms with E-state index in [0.29, 0.717) is 18.4 Å². The Morgan fingerprint density at radius 2 is 1.88 bits per heavy atom. The molecule has 0 heterocycles. The first kappa shape index (κ1) is 14.9. The van der Waals surface area contributed by atoms with Crippen molar-refractivity contribution in [3.05, 3.63) is 0 Å². The molecule has 0 spiro atoms. The molecule has 5 heteroatoms. The summed E-state index contributed by atoms with van der Waals surface area (Å²) in [6, 6.07) is 0.140. The summed E-state index contributed by atoms with van der Waals surface area (Å²) in [5.41, 5.74) is 0. The van der Waals surface area contributed by atoms with Crippen LogP contribution in [0.25, 0.3) is 0 Å². The van der Waals surface area contributed by atoms with Crippen molar-refractivity contribution in [3.63, 3.8) is 0 Å². The molecular formula is C12H26N2O2S. The van der Waals surface area contributed by atoms with Crippen LogP contribution in [0.15, 0.2) is 0 Å². The lowest BCUT2D eigenvalue weighted by atomic mass is 9.98. The quantitative estimate of drug-likeness (QED) is 0.681. The lowest BCUT2D eigenvalue weighted by molar-refractivity contribution is 0.402. The van der Waals surface area contributed by atoms with Gasteiger partial charge in [0.25, 0.3) is 0 Å². The van der Waals surface area contributed by atoms with E-state index in [1.54, 1.807) is 0 Å². The molecule has 0 radical (unpaired) electrons. The summed E-state index contributed by atoms with van der Waals surface area (Å²) in [5.74, 6) is 1.26. The van der Waals surface area contributed by atoms with Gasteiger partial charge >= 0.3 is 0 Å². The van der Waals surface area contributed by atoms with Gasteiger partial charge in [-0.05, 0) is 37.6 Å². The van der Waals surface area contributed by atoms with Gasteiger partial charge in [-0.15, -0.1) is 0 Å². The molecule has 2 N–H and O–H groups in total. The molecule has 0 amide bonds. The predicted molar refractivity (Wildman–Crippen MR) is 71.4 cm³/mol. The molecule has 1 rings (SSSR count). The van der Waals surface area contributed by atoms with Gasteiger partial charge in [0.05, 0.1) is 5.75 Å². The Morgan fingerprint density at radius 3 is 2.41 bits per heavy atom. The summed E-state index contributed by atoms with van der Waals surface area (Å²) in [5, 5.41) is 3.12. The van der Waals surface area contributed by atoms with E-state index in [9.17, 15) is 8.42 Å². The van der Waals surface area contributed by atoms with E-state index < -0.39 is 10.0 Å². The summed E-state index contributed by atoms with van der Waals surface area (Å²) < 4.78 is 26.5. The van der Waals surface area contributed by atoms with Crippen molar-refractivity contribution >= 4 is 10.0 Å². The van der Waals surface area contributed by atoms with Gasteiger partial charge < -0.3 is 5.32 Å². The number of nitrogens with one attached hydrogen (secondary N) is 2. The third kappa shape index (κ3) is 4.94. The van der Waals surface area contributed by atoms with Gasteiger partial charge in [-0.3, -0.25) is 0 Å². The van der Waals surface area contributed by atoms with Crippen molar-refractivity contribution < 1.29 is 8.42 Å². The Morgan fingerprint density at radius 1 is 1.18 bits per heavy atom. The molecule has 3 atom stereocenters. The van der Waals surface area contributed by atoms with Gasteiger partial charge in [-0.1, -0.05) is 20.8 Å². The predicted octanol–water partition coefficient (Wildman–Crippen LogP) is 1.34. The van der Waals surface area contributed by atoms with Crippen molar-refractivity contribution in [1.29, 1.82) is 0 Å². The zero-order valence-corrected chi connectivity index (χ0v) is 12.0. The van der Waals surface area contributed by atoms with E-state index >= 15 is 0 Å². The van der Waals surface area contributed by atoms with Crippen LogP contribution in [0.5, 0.6) is 0 Å². The molecule has 0 saturated heterocycles. The van der Waals surface area contributed by atoms with E-state index in [4.69, 9.17) is 0 Å². The molecule has 0 bridgehead atoms. The summed E-state index contributed by atoms with van der Waals surface area (Å²) >= 11 is 0. The average molecular weight is 262 g/mol. The second-order valence-electron chi connectivity index (χ2n) is 5.21. The zero-order chi connectivity index (χ0) is 12.9. The average Bonchev–Trinajstić information content (AvgIpc) is 2.56. The van der Waals surface area contributed by atoms with E-state index in [-0.39, 0.29) is 11.8 Å². The first-order valence-electron chi connectivity index (χ1n) is 6.67. The van der Waals surface area contributed by atoms with Gasteiger partial charge in [0.2, 0.25) is 10.0 Å². The Kier molecular flexibility index (Phi) is 5.89. The van der Waals surface area contributed by atoms with E-state index in [1.807, 2.05) is 0 Å². The third-order valence-electron chi connectivity index (χ3n) is 3.77. The normalized spacial score (nSPS) is 29.7. The highest BCUT2D eigenvalue weighted by Crippen LogP contribution is 2.31. The van der Waals surface area contributed by atoms with Crippen LogP contribution in [0.2, 0.25) is 0 Å².